The fourth-order valence-corrected chi connectivity index (χ4v) is 3.92. The Morgan fingerprint density at radius 2 is 2.08 bits per heavy atom. The van der Waals surface area contributed by atoms with Crippen LogP contribution in [0.2, 0.25) is 0 Å². The fraction of sp³-hybridized carbons (Fsp3) is 0.842. The summed E-state index contributed by atoms with van der Waals surface area (Å²) >= 11 is 0. The highest BCUT2D eigenvalue weighted by molar-refractivity contribution is 5.81. The summed E-state index contributed by atoms with van der Waals surface area (Å²) in [5.41, 5.74) is 1.08. The van der Waals surface area contributed by atoms with Gasteiger partial charge >= 0.3 is 0 Å². The molecule has 3 rings (SSSR count). The zero-order chi connectivity index (χ0) is 17.1. The average molecular weight is 332 g/mol. The van der Waals surface area contributed by atoms with Gasteiger partial charge in [-0.15, -0.1) is 5.10 Å². The molecule has 0 unspecified atom stereocenters. The van der Waals surface area contributed by atoms with Gasteiger partial charge in [-0.05, 0) is 43.9 Å². The molecule has 2 fully saturated rings. The van der Waals surface area contributed by atoms with Crippen molar-refractivity contribution >= 4 is 5.91 Å². The van der Waals surface area contributed by atoms with Gasteiger partial charge in [0.1, 0.15) is 0 Å². The molecule has 24 heavy (non-hydrogen) atoms. The smallest absolute Gasteiger partial charge is 0.225 e. The molecule has 1 aliphatic heterocycles. The second kappa shape index (κ2) is 7.66. The Morgan fingerprint density at radius 1 is 1.33 bits per heavy atom. The lowest BCUT2D eigenvalue weighted by Crippen LogP contribution is -2.40. The highest BCUT2D eigenvalue weighted by atomic mass is 16.2. The molecule has 2 aliphatic rings. The summed E-state index contributed by atoms with van der Waals surface area (Å²) in [4.78, 5) is 14.7. The molecule has 1 aromatic rings. The number of hydrogen-bond acceptors (Lipinski definition) is 3. The molecular formula is C19H32N4O. The van der Waals surface area contributed by atoms with Crippen molar-refractivity contribution < 1.29 is 4.79 Å². The summed E-state index contributed by atoms with van der Waals surface area (Å²) < 4.78 is 2.03. The van der Waals surface area contributed by atoms with Crippen molar-refractivity contribution in [2.24, 2.45) is 17.8 Å². The molecule has 0 aromatic carbocycles. The molecule has 1 aliphatic carbocycles. The van der Waals surface area contributed by atoms with Gasteiger partial charge in [0.2, 0.25) is 5.91 Å². The highest BCUT2D eigenvalue weighted by Crippen LogP contribution is 2.44. The van der Waals surface area contributed by atoms with E-state index in [1.807, 2.05) is 4.68 Å². The van der Waals surface area contributed by atoms with Crippen LogP contribution in [-0.2, 0) is 11.2 Å². The van der Waals surface area contributed by atoms with Gasteiger partial charge in [-0.25, -0.2) is 4.68 Å². The number of carbonyl (C=O) groups excluding carboxylic acids is 1. The minimum Gasteiger partial charge on any atom is -0.342 e. The van der Waals surface area contributed by atoms with Gasteiger partial charge < -0.3 is 4.90 Å². The molecule has 0 spiro atoms. The number of amides is 1. The Bertz CT molecular complexity index is 545. The molecular weight excluding hydrogens is 300 g/mol. The first-order valence-electron chi connectivity index (χ1n) is 9.78. The Kier molecular flexibility index (Phi) is 5.57. The topological polar surface area (TPSA) is 51.0 Å². The van der Waals surface area contributed by atoms with E-state index in [0.717, 1.165) is 44.5 Å². The van der Waals surface area contributed by atoms with Crippen molar-refractivity contribution in [2.45, 2.75) is 71.8 Å². The number of nitrogens with zero attached hydrogens (tertiary/aromatic N) is 4. The first-order chi connectivity index (χ1) is 11.6. The Balaban J connectivity index is 1.46. The summed E-state index contributed by atoms with van der Waals surface area (Å²) in [6, 6.07) is 0.401. The van der Waals surface area contributed by atoms with Crippen molar-refractivity contribution in [3.8, 4) is 0 Å². The van der Waals surface area contributed by atoms with E-state index < -0.39 is 0 Å². The molecule has 0 N–H and O–H groups in total. The molecule has 1 amide bonds. The second-order valence-corrected chi connectivity index (χ2v) is 8.09. The molecule has 5 heteroatoms. The number of likely N-dealkylation sites (tertiary alicyclic amines) is 1. The third-order valence-electron chi connectivity index (χ3n) is 5.49. The highest BCUT2D eigenvalue weighted by Gasteiger charge is 2.44. The Morgan fingerprint density at radius 3 is 2.75 bits per heavy atom. The zero-order valence-electron chi connectivity index (χ0n) is 15.4. The van der Waals surface area contributed by atoms with Gasteiger partial charge in [0.15, 0.2) is 0 Å². The first-order valence-corrected chi connectivity index (χ1v) is 9.78. The van der Waals surface area contributed by atoms with E-state index in [-0.39, 0.29) is 0 Å². The quantitative estimate of drug-likeness (QED) is 0.768. The van der Waals surface area contributed by atoms with Crippen molar-refractivity contribution in [3.63, 3.8) is 0 Å². The third-order valence-corrected chi connectivity index (χ3v) is 5.49. The van der Waals surface area contributed by atoms with Crippen LogP contribution >= 0.6 is 0 Å². The molecule has 0 bridgehead atoms. The number of rotatable bonds is 7. The van der Waals surface area contributed by atoms with Gasteiger partial charge in [-0.1, -0.05) is 38.8 Å². The Hall–Kier alpha value is -1.39. The molecule has 5 nitrogen and oxygen atoms in total. The van der Waals surface area contributed by atoms with E-state index in [4.69, 9.17) is 0 Å². The van der Waals surface area contributed by atoms with E-state index in [2.05, 4.69) is 42.2 Å². The van der Waals surface area contributed by atoms with E-state index in [9.17, 15) is 4.79 Å². The summed E-state index contributed by atoms with van der Waals surface area (Å²) in [6.07, 6.45) is 9.95. The summed E-state index contributed by atoms with van der Waals surface area (Å²) in [6.45, 7) is 8.38. The van der Waals surface area contributed by atoms with Gasteiger partial charge in [-0.2, -0.15) is 0 Å². The normalized spacial score (nSPS) is 24.6. The van der Waals surface area contributed by atoms with Crippen molar-refractivity contribution in [1.82, 2.24) is 19.9 Å². The number of piperidine rings is 1. The van der Waals surface area contributed by atoms with Crippen molar-refractivity contribution in [2.75, 3.05) is 13.1 Å². The van der Waals surface area contributed by atoms with Crippen LogP contribution in [0.25, 0.3) is 0 Å². The number of unbranched alkanes of at least 4 members (excludes halogenated alkanes) is 1. The number of aromatic nitrogens is 3. The van der Waals surface area contributed by atoms with Crippen LogP contribution < -0.4 is 0 Å². The maximum absolute atomic E-state index is 12.6. The fourth-order valence-electron chi connectivity index (χ4n) is 3.92. The predicted octanol–water partition coefficient (Wildman–Crippen LogP) is 3.47. The molecule has 1 saturated carbocycles. The molecule has 2 atom stereocenters. The Labute approximate surface area is 145 Å². The maximum Gasteiger partial charge on any atom is 0.225 e. The van der Waals surface area contributed by atoms with Crippen molar-refractivity contribution in [3.05, 3.63) is 11.9 Å². The summed E-state index contributed by atoms with van der Waals surface area (Å²) in [5, 5.41) is 8.61. The average Bonchev–Trinajstić information content (AvgIpc) is 3.21. The minimum atomic E-state index is 0.331. The van der Waals surface area contributed by atoms with Gasteiger partial charge in [0, 0.05) is 25.2 Å². The van der Waals surface area contributed by atoms with Crippen LogP contribution in [0, 0.1) is 17.8 Å². The van der Waals surface area contributed by atoms with Gasteiger partial charge in [0.25, 0.3) is 0 Å². The van der Waals surface area contributed by atoms with E-state index >= 15 is 0 Å². The van der Waals surface area contributed by atoms with Crippen LogP contribution in [0.1, 0.15) is 71.0 Å². The van der Waals surface area contributed by atoms with E-state index in [1.54, 1.807) is 0 Å². The SMILES string of the molecule is CCCC[C@@H]1C[C@@H]1C(=O)N1CCC(n2cc(CC(C)C)nn2)CC1. The standard InChI is InChI=1S/C19H32N4O/c1-4-5-6-15-12-18(15)19(24)22-9-7-17(8-10-22)23-13-16(20-21-23)11-14(2)3/h13-15,17-18H,4-12H2,1-3H3/t15-,18+/m1/s1. The van der Waals surface area contributed by atoms with E-state index in [0.29, 0.717) is 29.7 Å². The monoisotopic (exact) mass is 332 g/mol. The molecule has 1 aromatic heterocycles. The van der Waals surface area contributed by atoms with Gasteiger partial charge in [0.05, 0.1) is 11.7 Å². The van der Waals surface area contributed by atoms with Crippen LogP contribution in [0.5, 0.6) is 0 Å². The molecule has 2 heterocycles. The summed E-state index contributed by atoms with van der Waals surface area (Å²) in [7, 11) is 0. The first kappa shape index (κ1) is 17.4. The van der Waals surface area contributed by atoms with Crippen LogP contribution in [-0.4, -0.2) is 38.9 Å². The largest absolute Gasteiger partial charge is 0.342 e. The summed E-state index contributed by atoms with van der Waals surface area (Å²) in [5.74, 6) is 2.02. The third kappa shape index (κ3) is 4.17. The predicted molar refractivity (Wildman–Crippen MR) is 94.5 cm³/mol. The van der Waals surface area contributed by atoms with Crippen molar-refractivity contribution in [1.29, 1.82) is 0 Å². The van der Waals surface area contributed by atoms with Crippen LogP contribution in [0.15, 0.2) is 6.20 Å². The van der Waals surface area contributed by atoms with E-state index in [1.165, 1.54) is 19.3 Å². The van der Waals surface area contributed by atoms with Crippen LogP contribution in [0.4, 0.5) is 0 Å². The maximum atomic E-state index is 12.6. The lowest BCUT2D eigenvalue weighted by Gasteiger charge is -2.32. The zero-order valence-corrected chi connectivity index (χ0v) is 15.4. The molecule has 1 saturated heterocycles. The van der Waals surface area contributed by atoms with Gasteiger partial charge in [-0.3, -0.25) is 4.79 Å². The number of carbonyl (C=O) groups is 1. The lowest BCUT2D eigenvalue weighted by atomic mass is 10.0. The molecule has 134 valence electrons. The second-order valence-electron chi connectivity index (χ2n) is 8.09. The lowest BCUT2D eigenvalue weighted by molar-refractivity contribution is -0.134. The minimum absolute atomic E-state index is 0.331. The molecule has 0 radical (unpaired) electrons. The van der Waals surface area contributed by atoms with Crippen LogP contribution in [0.3, 0.4) is 0 Å². The number of hydrogen-bond donors (Lipinski definition) is 0.